The second-order valence-corrected chi connectivity index (χ2v) is 4.13. The van der Waals surface area contributed by atoms with Crippen LogP contribution in [-0.4, -0.2) is 42.1 Å². The van der Waals surface area contributed by atoms with Gasteiger partial charge in [0.2, 0.25) is 0 Å². The fraction of sp³-hybridized carbons (Fsp3) is 0.636. The van der Waals surface area contributed by atoms with Gasteiger partial charge in [0.25, 0.3) is 0 Å². The van der Waals surface area contributed by atoms with Crippen LogP contribution in [0, 0.1) is 0 Å². The highest BCUT2D eigenvalue weighted by molar-refractivity contribution is 5.08. The van der Waals surface area contributed by atoms with Crippen LogP contribution < -0.4 is 5.32 Å². The lowest BCUT2D eigenvalue weighted by Crippen LogP contribution is -2.49. The molecule has 2 N–H and O–H groups in total. The highest BCUT2D eigenvalue weighted by Gasteiger charge is 2.14. The van der Waals surface area contributed by atoms with Crippen molar-refractivity contribution in [2.45, 2.75) is 19.4 Å². The van der Waals surface area contributed by atoms with Gasteiger partial charge in [-0.15, -0.1) is 0 Å². The monoisotopic (exact) mass is 193 g/mol. The van der Waals surface area contributed by atoms with Crippen molar-refractivity contribution in [1.29, 1.82) is 0 Å². The Morgan fingerprint density at radius 2 is 2.50 bits per heavy atom. The molecular weight excluding hydrogens is 174 g/mol. The predicted octanol–water partition coefficient (Wildman–Crippen LogP) is 0.851. The van der Waals surface area contributed by atoms with Crippen molar-refractivity contribution in [3.05, 3.63) is 24.0 Å². The minimum atomic E-state index is 0.648. The summed E-state index contributed by atoms with van der Waals surface area (Å²) in [7, 11) is 0. The van der Waals surface area contributed by atoms with E-state index in [1.54, 1.807) is 0 Å². The zero-order chi connectivity index (χ0) is 9.80. The fourth-order valence-corrected chi connectivity index (χ4v) is 2.02. The molecule has 0 bridgehead atoms. The summed E-state index contributed by atoms with van der Waals surface area (Å²) in [4.78, 5) is 5.63. The highest BCUT2D eigenvalue weighted by atomic mass is 15.2. The summed E-state index contributed by atoms with van der Waals surface area (Å²) in [6.07, 6.45) is 5.25. The number of hydrogen-bond acceptors (Lipinski definition) is 2. The van der Waals surface area contributed by atoms with Crippen molar-refractivity contribution in [3.63, 3.8) is 0 Å². The van der Waals surface area contributed by atoms with Crippen molar-refractivity contribution >= 4 is 0 Å². The summed E-state index contributed by atoms with van der Waals surface area (Å²) >= 11 is 0. The molecule has 78 valence electrons. The lowest BCUT2D eigenvalue weighted by atomic mass is 10.2. The van der Waals surface area contributed by atoms with Crippen LogP contribution in [0.3, 0.4) is 0 Å². The molecule has 0 radical (unpaired) electrons. The van der Waals surface area contributed by atoms with Gasteiger partial charge in [-0.3, -0.25) is 0 Å². The third-order valence-corrected chi connectivity index (χ3v) is 2.83. The highest BCUT2D eigenvalue weighted by Crippen LogP contribution is 2.03. The molecule has 1 unspecified atom stereocenters. The summed E-state index contributed by atoms with van der Waals surface area (Å²) in [5.74, 6) is 0. The Morgan fingerprint density at radius 1 is 1.57 bits per heavy atom. The first-order valence-electron chi connectivity index (χ1n) is 5.42. The van der Waals surface area contributed by atoms with Gasteiger partial charge in [0.15, 0.2) is 0 Å². The smallest absolute Gasteiger partial charge is 0.0167 e. The Labute approximate surface area is 85.5 Å². The molecule has 1 saturated heterocycles. The number of hydrogen-bond donors (Lipinski definition) is 2. The largest absolute Gasteiger partial charge is 0.367 e. The fourth-order valence-electron chi connectivity index (χ4n) is 2.02. The summed E-state index contributed by atoms with van der Waals surface area (Å²) in [5.41, 5.74) is 1.41. The van der Waals surface area contributed by atoms with Crippen molar-refractivity contribution in [2.24, 2.45) is 0 Å². The molecule has 3 nitrogen and oxygen atoms in total. The van der Waals surface area contributed by atoms with Gasteiger partial charge in [0.1, 0.15) is 0 Å². The van der Waals surface area contributed by atoms with Crippen LogP contribution in [0.25, 0.3) is 0 Å². The first-order valence-corrected chi connectivity index (χ1v) is 5.42. The molecule has 2 rings (SSSR count). The van der Waals surface area contributed by atoms with Crippen LogP contribution in [0.4, 0.5) is 0 Å². The molecule has 1 aromatic rings. The van der Waals surface area contributed by atoms with Gasteiger partial charge in [0.05, 0.1) is 0 Å². The number of aromatic amines is 1. The van der Waals surface area contributed by atoms with Gasteiger partial charge < -0.3 is 15.2 Å². The first-order chi connectivity index (χ1) is 6.84. The molecule has 1 fully saturated rings. The van der Waals surface area contributed by atoms with Crippen LogP contribution >= 0.6 is 0 Å². The van der Waals surface area contributed by atoms with E-state index in [1.807, 2.05) is 6.20 Å². The molecular formula is C11H19N3. The van der Waals surface area contributed by atoms with E-state index in [2.05, 4.69) is 34.4 Å². The molecule has 14 heavy (non-hydrogen) atoms. The number of nitrogens with one attached hydrogen (secondary N) is 2. The third kappa shape index (κ3) is 2.59. The van der Waals surface area contributed by atoms with Crippen molar-refractivity contribution in [2.75, 3.05) is 26.2 Å². The SMILES string of the molecule is CC1CN(CCc2cc[nH]c2)CCN1. The van der Waals surface area contributed by atoms with E-state index >= 15 is 0 Å². The summed E-state index contributed by atoms with van der Waals surface area (Å²) in [6.45, 7) is 6.94. The van der Waals surface area contributed by atoms with Gasteiger partial charge in [-0.05, 0) is 25.0 Å². The normalized spacial score (nSPS) is 23.9. The molecule has 0 saturated carbocycles. The number of nitrogens with zero attached hydrogens (tertiary/aromatic N) is 1. The third-order valence-electron chi connectivity index (χ3n) is 2.83. The summed E-state index contributed by atoms with van der Waals surface area (Å²) < 4.78 is 0. The Balaban J connectivity index is 1.75. The zero-order valence-corrected chi connectivity index (χ0v) is 8.79. The van der Waals surface area contributed by atoms with Crippen LogP contribution in [0.5, 0.6) is 0 Å². The van der Waals surface area contributed by atoms with E-state index in [1.165, 1.54) is 25.2 Å². The molecule has 1 aliphatic rings. The minimum absolute atomic E-state index is 0.648. The number of H-pyrrole nitrogens is 1. The molecule has 3 heteroatoms. The van der Waals surface area contributed by atoms with Crippen LogP contribution in [0.2, 0.25) is 0 Å². The standard InChI is InChI=1S/C11H19N3/c1-10-9-14(7-5-13-10)6-3-11-2-4-12-8-11/h2,4,8,10,12-13H,3,5-7,9H2,1H3. The van der Waals surface area contributed by atoms with Crippen molar-refractivity contribution < 1.29 is 0 Å². The number of aromatic nitrogens is 1. The van der Waals surface area contributed by atoms with Gasteiger partial charge in [-0.2, -0.15) is 0 Å². The second kappa shape index (κ2) is 4.62. The van der Waals surface area contributed by atoms with E-state index < -0.39 is 0 Å². The molecule has 0 amide bonds. The Morgan fingerprint density at radius 3 is 3.21 bits per heavy atom. The molecule has 1 aliphatic heterocycles. The van der Waals surface area contributed by atoms with Gasteiger partial charge >= 0.3 is 0 Å². The summed E-state index contributed by atoms with van der Waals surface area (Å²) in [5, 5.41) is 3.46. The molecule has 1 atom stereocenters. The van der Waals surface area contributed by atoms with Gasteiger partial charge in [0, 0.05) is 44.6 Å². The first kappa shape index (κ1) is 9.74. The molecule has 1 aromatic heterocycles. The van der Waals surface area contributed by atoms with Crippen LogP contribution in [0.1, 0.15) is 12.5 Å². The zero-order valence-electron chi connectivity index (χ0n) is 8.79. The van der Waals surface area contributed by atoms with E-state index in [0.29, 0.717) is 6.04 Å². The van der Waals surface area contributed by atoms with E-state index in [4.69, 9.17) is 0 Å². The maximum Gasteiger partial charge on any atom is 0.0167 e. The molecule has 0 aromatic carbocycles. The Hall–Kier alpha value is -0.800. The minimum Gasteiger partial charge on any atom is -0.367 e. The maximum atomic E-state index is 3.46. The molecule has 0 aliphatic carbocycles. The second-order valence-electron chi connectivity index (χ2n) is 4.13. The Kier molecular flexibility index (Phi) is 3.22. The molecule has 2 heterocycles. The molecule has 0 spiro atoms. The maximum absolute atomic E-state index is 3.46. The van der Waals surface area contributed by atoms with E-state index in [9.17, 15) is 0 Å². The average Bonchev–Trinajstić information content (AvgIpc) is 2.67. The topological polar surface area (TPSA) is 31.1 Å². The van der Waals surface area contributed by atoms with Gasteiger partial charge in [-0.25, -0.2) is 0 Å². The van der Waals surface area contributed by atoms with Crippen LogP contribution in [0.15, 0.2) is 18.5 Å². The lowest BCUT2D eigenvalue weighted by molar-refractivity contribution is 0.209. The average molecular weight is 193 g/mol. The Bertz CT molecular complexity index is 256. The number of piperazine rings is 1. The number of rotatable bonds is 3. The predicted molar refractivity (Wildman–Crippen MR) is 58.4 cm³/mol. The van der Waals surface area contributed by atoms with Gasteiger partial charge in [-0.1, -0.05) is 0 Å². The summed E-state index contributed by atoms with van der Waals surface area (Å²) in [6, 6.07) is 2.81. The lowest BCUT2D eigenvalue weighted by Gasteiger charge is -2.31. The van der Waals surface area contributed by atoms with Crippen molar-refractivity contribution in [1.82, 2.24) is 15.2 Å². The van der Waals surface area contributed by atoms with E-state index in [-0.39, 0.29) is 0 Å². The quantitative estimate of drug-likeness (QED) is 0.745. The van der Waals surface area contributed by atoms with Crippen LogP contribution in [-0.2, 0) is 6.42 Å². The van der Waals surface area contributed by atoms with Crippen molar-refractivity contribution in [3.8, 4) is 0 Å². The van der Waals surface area contributed by atoms with E-state index in [0.717, 1.165) is 13.0 Å².